The van der Waals surface area contributed by atoms with Crippen molar-refractivity contribution in [3.8, 4) is 0 Å². The second-order valence-corrected chi connectivity index (χ2v) is 7.49. The zero-order valence-corrected chi connectivity index (χ0v) is 14.5. The fourth-order valence-electron chi connectivity index (χ4n) is 3.00. The SMILES string of the molecule is CC1(C)OC2[C@H](O1)C(COP(=O)([O-])O)O[C@H]2[n+]1cccc(C(N)=O)c1. The van der Waals surface area contributed by atoms with Crippen LogP contribution < -0.4 is 15.2 Å². The summed E-state index contributed by atoms with van der Waals surface area (Å²) in [5.41, 5.74) is 5.57. The van der Waals surface area contributed by atoms with Gasteiger partial charge in [-0.15, -0.1) is 0 Å². The molecule has 2 saturated heterocycles. The van der Waals surface area contributed by atoms with Gasteiger partial charge in [0.15, 0.2) is 24.3 Å². The summed E-state index contributed by atoms with van der Waals surface area (Å²) in [5.74, 6) is -1.50. The Bertz CT molecular complexity index is 721. The lowest BCUT2D eigenvalue weighted by molar-refractivity contribution is -0.766. The Hall–Kier alpha value is -1.39. The molecule has 0 saturated carbocycles. The van der Waals surface area contributed by atoms with Crippen LogP contribution in [0.3, 0.4) is 0 Å². The van der Waals surface area contributed by atoms with Crippen LogP contribution >= 0.6 is 7.82 Å². The molecular weight excluding hydrogens is 355 g/mol. The molecule has 0 aromatic carbocycles. The molecule has 2 aliphatic heterocycles. The number of amides is 1. The van der Waals surface area contributed by atoms with E-state index in [4.69, 9.17) is 24.8 Å². The summed E-state index contributed by atoms with van der Waals surface area (Å²) in [6, 6.07) is 3.18. The molecule has 11 heteroatoms. The summed E-state index contributed by atoms with van der Waals surface area (Å²) in [5, 5.41) is 0. The Balaban J connectivity index is 1.86. The molecule has 1 aromatic heterocycles. The molecule has 3 rings (SSSR count). The van der Waals surface area contributed by atoms with Gasteiger partial charge in [-0.05, 0) is 19.9 Å². The van der Waals surface area contributed by atoms with E-state index in [0.29, 0.717) is 0 Å². The van der Waals surface area contributed by atoms with Crippen molar-refractivity contribution in [1.29, 1.82) is 0 Å². The van der Waals surface area contributed by atoms with Gasteiger partial charge in [0, 0.05) is 6.07 Å². The van der Waals surface area contributed by atoms with Crippen molar-refractivity contribution < 1.29 is 42.4 Å². The number of ether oxygens (including phenoxy) is 3. The number of phosphoric ester groups is 1. The van der Waals surface area contributed by atoms with Gasteiger partial charge in [-0.1, -0.05) is 0 Å². The molecule has 10 nitrogen and oxygen atoms in total. The number of hydrogen-bond donors (Lipinski definition) is 2. The van der Waals surface area contributed by atoms with Crippen LogP contribution in [0.2, 0.25) is 0 Å². The first-order valence-corrected chi connectivity index (χ1v) is 9.05. The van der Waals surface area contributed by atoms with Crippen LogP contribution in [0, 0.1) is 0 Å². The van der Waals surface area contributed by atoms with Gasteiger partial charge in [-0.2, -0.15) is 4.57 Å². The summed E-state index contributed by atoms with van der Waals surface area (Å²) in [6.45, 7) is 3.01. The first-order valence-electron chi connectivity index (χ1n) is 7.56. The van der Waals surface area contributed by atoms with Crippen LogP contribution in [0.15, 0.2) is 24.5 Å². The van der Waals surface area contributed by atoms with Crippen molar-refractivity contribution in [3.05, 3.63) is 30.1 Å². The van der Waals surface area contributed by atoms with E-state index in [1.54, 1.807) is 36.7 Å². The molecule has 138 valence electrons. The molecule has 0 bridgehead atoms. The van der Waals surface area contributed by atoms with Crippen LogP contribution in [-0.4, -0.2) is 41.5 Å². The Labute approximate surface area is 143 Å². The van der Waals surface area contributed by atoms with Crippen molar-refractivity contribution >= 4 is 13.7 Å². The number of rotatable bonds is 5. The molecule has 3 heterocycles. The number of fused-ring (bicyclic) bond motifs is 1. The standard InChI is InChI=1S/C14H19N2O8P/c1-14(2)23-10-9(7-21-25(18,19)20)22-13(11(10)24-14)16-5-3-4-8(6-16)12(15)17/h3-6,9-11,13H,7H2,1-2H3,(H3-,15,17,18,19,20)/t9?,10-,11?,13-/m1/s1. The number of primary amides is 1. The van der Waals surface area contributed by atoms with E-state index in [9.17, 15) is 14.3 Å². The highest BCUT2D eigenvalue weighted by atomic mass is 31.2. The Morgan fingerprint density at radius 1 is 1.48 bits per heavy atom. The molecule has 25 heavy (non-hydrogen) atoms. The predicted molar refractivity (Wildman–Crippen MR) is 78.7 cm³/mol. The zero-order valence-electron chi connectivity index (χ0n) is 13.6. The van der Waals surface area contributed by atoms with Gasteiger partial charge in [0.2, 0.25) is 0 Å². The first-order chi connectivity index (χ1) is 11.6. The topological polar surface area (TPSA) is 144 Å². The maximum Gasteiger partial charge on any atom is 0.292 e. The van der Waals surface area contributed by atoms with Gasteiger partial charge in [0.1, 0.15) is 17.8 Å². The molecule has 1 aromatic rings. The van der Waals surface area contributed by atoms with Gasteiger partial charge in [0.25, 0.3) is 20.0 Å². The van der Waals surface area contributed by atoms with Crippen LogP contribution in [0.1, 0.15) is 30.4 Å². The van der Waals surface area contributed by atoms with Gasteiger partial charge in [-0.25, -0.2) is 0 Å². The molecule has 0 radical (unpaired) electrons. The van der Waals surface area contributed by atoms with Crippen LogP contribution in [0.4, 0.5) is 0 Å². The lowest BCUT2D eigenvalue weighted by Gasteiger charge is -2.24. The van der Waals surface area contributed by atoms with Crippen LogP contribution in [0.25, 0.3) is 0 Å². The van der Waals surface area contributed by atoms with Crippen molar-refractivity contribution in [3.63, 3.8) is 0 Å². The Morgan fingerprint density at radius 2 is 2.16 bits per heavy atom. The van der Waals surface area contributed by atoms with Gasteiger partial charge in [0.05, 0.1) is 6.61 Å². The smallest absolute Gasteiger partial charge is 0.292 e. The number of nitrogens with two attached hydrogens (primary N) is 1. The molecular formula is C14H19N2O8P. The van der Waals surface area contributed by atoms with Crippen molar-refractivity contribution in [1.82, 2.24) is 0 Å². The van der Waals surface area contributed by atoms with Crippen molar-refractivity contribution in [2.45, 2.75) is 44.2 Å². The van der Waals surface area contributed by atoms with Crippen LogP contribution in [-0.2, 0) is 23.3 Å². The number of nitrogens with zero attached hydrogens (tertiary/aromatic N) is 1. The van der Waals surface area contributed by atoms with Crippen molar-refractivity contribution in [2.24, 2.45) is 5.73 Å². The average Bonchev–Trinajstić information content (AvgIpc) is 2.97. The summed E-state index contributed by atoms with van der Waals surface area (Å²) in [7, 11) is -4.89. The number of phosphoric acid groups is 1. The maximum absolute atomic E-state index is 11.4. The molecule has 1 amide bonds. The minimum atomic E-state index is -4.89. The fourth-order valence-corrected chi connectivity index (χ4v) is 3.33. The molecule has 5 atom stereocenters. The number of hydrogen-bond acceptors (Lipinski definition) is 7. The van der Waals surface area contributed by atoms with Gasteiger partial charge in [-0.3, -0.25) is 9.36 Å². The lowest BCUT2D eigenvalue weighted by Crippen LogP contribution is -2.46. The number of pyridine rings is 1. The fraction of sp³-hybridized carbons (Fsp3) is 0.571. The Kier molecular flexibility index (Phi) is 4.71. The molecule has 0 spiro atoms. The van der Waals surface area contributed by atoms with Gasteiger partial charge >= 0.3 is 0 Å². The summed E-state index contributed by atoms with van der Waals surface area (Å²) in [4.78, 5) is 31.0. The maximum atomic E-state index is 11.4. The summed E-state index contributed by atoms with van der Waals surface area (Å²) < 4.78 is 34.3. The van der Waals surface area contributed by atoms with E-state index in [0.717, 1.165) is 0 Å². The normalized spacial score (nSPS) is 33.0. The van der Waals surface area contributed by atoms with E-state index in [1.165, 1.54) is 6.20 Å². The summed E-state index contributed by atoms with van der Waals surface area (Å²) in [6.07, 6.45) is 0.501. The quantitative estimate of drug-likeness (QED) is 0.492. The molecule has 2 aliphatic rings. The van der Waals surface area contributed by atoms with E-state index in [-0.39, 0.29) is 5.56 Å². The van der Waals surface area contributed by atoms with Crippen molar-refractivity contribution in [2.75, 3.05) is 6.61 Å². The largest absolute Gasteiger partial charge is 0.756 e. The lowest BCUT2D eigenvalue weighted by atomic mass is 10.1. The first kappa shape index (κ1) is 18.4. The van der Waals surface area contributed by atoms with E-state index in [2.05, 4.69) is 4.52 Å². The minimum absolute atomic E-state index is 0.278. The number of carbonyl (C=O) groups excluding carboxylic acids is 1. The van der Waals surface area contributed by atoms with E-state index < -0.39 is 50.7 Å². The highest BCUT2D eigenvalue weighted by Gasteiger charge is 2.59. The third kappa shape index (κ3) is 4.06. The second kappa shape index (κ2) is 6.40. The Morgan fingerprint density at radius 3 is 2.80 bits per heavy atom. The molecule has 3 N–H and O–H groups in total. The van der Waals surface area contributed by atoms with E-state index in [1.807, 2.05) is 0 Å². The minimum Gasteiger partial charge on any atom is -0.756 e. The second-order valence-electron chi connectivity index (χ2n) is 6.30. The van der Waals surface area contributed by atoms with Gasteiger partial charge < -0.3 is 34.3 Å². The number of aromatic nitrogens is 1. The third-order valence-corrected chi connectivity index (χ3v) is 4.40. The average molecular weight is 374 g/mol. The molecule has 0 aliphatic carbocycles. The van der Waals surface area contributed by atoms with Crippen LogP contribution in [0.5, 0.6) is 0 Å². The molecule has 2 fully saturated rings. The summed E-state index contributed by atoms with van der Waals surface area (Å²) >= 11 is 0. The molecule has 3 unspecified atom stereocenters. The number of carbonyl (C=O) groups is 1. The monoisotopic (exact) mass is 374 g/mol. The predicted octanol–water partition coefficient (Wildman–Crippen LogP) is -1.03. The highest BCUT2D eigenvalue weighted by Crippen LogP contribution is 2.42. The van der Waals surface area contributed by atoms with E-state index >= 15 is 0 Å². The zero-order chi connectivity index (χ0) is 18.4. The highest BCUT2D eigenvalue weighted by molar-refractivity contribution is 7.44. The third-order valence-electron chi connectivity index (χ3n) is 3.93.